The Kier molecular flexibility index (Phi) is 5.17. The van der Waals surface area contributed by atoms with Gasteiger partial charge in [0.15, 0.2) is 11.6 Å². The van der Waals surface area contributed by atoms with Gasteiger partial charge in [-0.3, -0.25) is 9.59 Å². The van der Waals surface area contributed by atoms with Crippen molar-refractivity contribution in [1.82, 2.24) is 0 Å². The molecule has 0 bridgehead atoms. The van der Waals surface area contributed by atoms with Crippen molar-refractivity contribution in [2.45, 2.75) is 46.5 Å². The highest BCUT2D eigenvalue weighted by Crippen LogP contribution is 2.33. The summed E-state index contributed by atoms with van der Waals surface area (Å²) in [5, 5.41) is 0. The van der Waals surface area contributed by atoms with E-state index in [1.807, 2.05) is 36.4 Å². The topological polar surface area (TPSA) is 34.1 Å². The fourth-order valence-corrected chi connectivity index (χ4v) is 3.97. The maximum Gasteiger partial charge on any atom is 0.166 e. The highest BCUT2D eigenvalue weighted by atomic mass is 16.1. The van der Waals surface area contributed by atoms with Gasteiger partial charge in [0.2, 0.25) is 0 Å². The fraction of sp³-hybridized carbons (Fsp3) is 0.391. The SMILES string of the molecule is CC[C@H]1CC(=O)c2cc(C)c(C)cc2CC[C@H]1C(=O)c1ccccc1. The van der Waals surface area contributed by atoms with Gasteiger partial charge in [0.1, 0.15) is 0 Å². The molecule has 25 heavy (non-hydrogen) atoms. The summed E-state index contributed by atoms with van der Waals surface area (Å²) in [5.74, 6) is 0.420. The molecule has 0 radical (unpaired) electrons. The van der Waals surface area contributed by atoms with Crippen molar-refractivity contribution < 1.29 is 9.59 Å². The standard InChI is InChI=1S/C23H26O2/c1-4-17-14-22(24)21-13-16(3)15(2)12-19(21)10-11-20(17)23(25)18-8-6-5-7-9-18/h5-9,12-13,17,20H,4,10-11,14H2,1-3H3/t17-,20+/m0/s1. The summed E-state index contributed by atoms with van der Waals surface area (Å²) in [7, 11) is 0. The van der Waals surface area contributed by atoms with Crippen LogP contribution < -0.4 is 0 Å². The van der Waals surface area contributed by atoms with E-state index >= 15 is 0 Å². The lowest BCUT2D eigenvalue weighted by Crippen LogP contribution is -2.29. The molecule has 2 nitrogen and oxygen atoms in total. The average Bonchev–Trinajstić information content (AvgIpc) is 2.62. The van der Waals surface area contributed by atoms with E-state index in [2.05, 4.69) is 26.8 Å². The van der Waals surface area contributed by atoms with Gasteiger partial charge in [0, 0.05) is 23.5 Å². The second-order valence-electron chi connectivity index (χ2n) is 7.26. The molecule has 0 aromatic heterocycles. The van der Waals surface area contributed by atoms with Crippen LogP contribution in [-0.4, -0.2) is 11.6 Å². The van der Waals surface area contributed by atoms with Crippen LogP contribution >= 0.6 is 0 Å². The zero-order valence-corrected chi connectivity index (χ0v) is 15.3. The van der Waals surface area contributed by atoms with E-state index in [9.17, 15) is 9.59 Å². The van der Waals surface area contributed by atoms with E-state index in [0.717, 1.165) is 41.5 Å². The van der Waals surface area contributed by atoms with Crippen molar-refractivity contribution in [2.75, 3.05) is 0 Å². The molecule has 1 aliphatic carbocycles. The van der Waals surface area contributed by atoms with E-state index in [0.29, 0.717) is 6.42 Å². The Morgan fingerprint density at radius 2 is 1.76 bits per heavy atom. The Labute approximate surface area is 150 Å². The normalized spacial score (nSPS) is 20.5. The number of aryl methyl sites for hydroxylation is 3. The Balaban J connectivity index is 1.96. The van der Waals surface area contributed by atoms with Gasteiger partial charge in [0.25, 0.3) is 0 Å². The smallest absolute Gasteiger partial charge is 0.166 e. The van der Waals surface area contributed by atoms with Gasteiger partial charge in [-0.15, -0.1) is 0 Å². The minimum absolute atomic E-state index is 0.0777. The number of rotatable bonds is 3. The van der Waals surface area contributed by atoms with E-state index in [1.165, 1.54) is 5.56 Å². The summed E-state index contributed by atoms with van der Waals surface area (Å²) >= 11 is 0. The third-order valence-corrected chi connectivity index (χ3v) is 5.68. The van der Waals surface area contributed by atoms with Crippen LogP contribution in [0.5, 0.6) is 0 Å². The van der Waals surface area contributed by atoms with Gasteiger partial charge < -0.3 is 0 Å². The number of carbonyl (C=O) groups excluding carboxylic acids is 2. The van der Waals surface area contributed by atoms with E-state index in [4.69, 9.17) is 0 Å². The molecule has 0 aliphatic heterocycles. The predicted octanol–water partition coefficient (Wildman–Crippen LogP) is 5.35. The molecule has 2 aromatic rings. The Morgan fingerprint density at radius 3 is 2.44 bits per heavy atom. The average molecular weight is 334 g/mol. The molecule has 0 N–H and O–H groups in total. The molecule has 2 aromatic carbocycles. The maximum absolute atomic E-state index is 13.1. The maximum atomic E-state index is 13.1. The van der Waals surface area contributed by atoms with Crippen molar-refractivity contribution in [3.63, 3.8) is 0 Å². The number of ketones is 2. The van der Waals surface area contributed by atoms with Crippen molar-refractivity contribution in [1.29, 1.82) is 0 Å². The monoisotopic (exact) mass is 334 g/mol. The lowest BCUT2D eigenvalue weighted by Gasteiger charge is -2.28. The molecule has 0 amide bonds. The Bertz CT molecular complexity index is 789. The van der Waals surface area contributed by atoms with Gasteiger partial charge in [0.05, 0.1) is 0 Å². The second-order valence-corrected chi connectivity index (χ2v) is 7.26. The highest BCUT2D eigenvalue weighted by molar-refractivity contribution is 6.01. The fourth-order valence-electron chi connectivity index (χ4n) is 3.97. The number of fused-ring (bicyclic) bond motifs is 1. The third kappa shape index (κ3) is 3.58. The van der Waals surface area contributed by atoms with Gasteiger partial charge in [-0.25, -0.2) is 0 Å². The zero-order valence-electron chi connectivity index (χ0n) is 15.3. The summed E-state index contributed by atoms with van der Waals surface area (Å²) in [5.41, 5.74) is 5.11. The van der Waals surface area contributed by atoms with Gasteiger partial charge in [-0.05, 0) is 55.4 Å². The van der Waals surface area contributed by atoms with Crippen LogP contribution in [0.25, 0.3) is 0 Å². The van der Waals surface area contributed by atoms with E-state index in [1.54, 1.807) is 0 Å². The third-order valence-electron chi connectivity index (χ3n) is 5.68. The van der Waals surface area contributed by atoms with Crippen molar-refractivity contribution in [3.8, 4) is 0 Å². The molecule has 0 saturated carbocycles. The molecule has 0 unspecified atom stereocenters. The van der Waals surface area contributed by atoms with Gasteiger partial charge in [-0.2, -0.15) is 0 Å². The number of carbonyl (C=O) groups is 2. The summed E-state index contributed by atoms with van der Waals surface area (Å²) < 4.78 is 0. The molecule has 0 fully saturated rings. The number of Topliss-reactive ketones (excluding diaryl/α,β-unsaturated/α-hetero) is 2. The minimum Gasteiger partial charge on any atom is -0.294 e. The zero-order chi connectivity index (χ0) is 18.0. The first-order valence-corrected chi connectivity index (χ1v) is 9.23. The summed E-state index contributed by atoms with van der Waals surface area (Å²) in [4.78, 5) is 25.9. The lowest BCUT2D eigenvalue weighted by atomic mass is 9.74. The van der Waals surface area contributed by atoms with Gasteiger partial charge in [-0.1, -0.05) is 49.7 Å². The first-order valence-electron chi connectivity index (χ1n) is 9.23. The molecule has 0 spiro atoms. The first-order chi connectivity index (χ1) is 12.0. The number of benzene rings is 2. The van der Waals surface area contributed by atoms with Gasteiger partial charge >= 0.3 is 0 Å². The summed E-state index contributed by atoms with van der Waals surface area (Å²) in [6, 6.07) is 13.7. The molecule has 2 atom stereocenters. The predicted molar refractivity (Wildman–Crippen MR) is 101 cm³/mol. The molecule has 130 valence electrons. The van der Waals surface area contributed by atoms with Crippen molar-refractivity contribution in [3.05, 3.63) is 70.3 Å². The Hall–Kier alpha value is -2.22. The highest BCUT2D eigenvalue weighted by Gasteiger charge is 2.32. The number of hydrogen-bond donors (Lipinski definition) is 0. The van der Waals surface area contributed by atoms with E-state index in [-0.39, 0.29) is 23.4 Å². The largest absolute Gasteiger partial charge is 0.294 e. The first kappa shape index (κ1) is 17.6. The summed E-state index contributed by atoms with van der Waals surface area (Å²) in [6.45, 7) is 6.23. The molecule has 1 aliphatic rings. The van der Waals surface area contributed by atoms with Crippen LogP contribution in [-0.2, 0) is 6.42 Å². The molecule has 0 heterocycles. The quantitative estimate of drug-likeness (QED) is 0.709. The van der Waals surface area contributed by atoms with Crippen molar-refractivity contribution >= 4 is 11.6 Å². The molecule has 0 saturated heterocycles. The van der Waals surface area contributed by atoms with Crippen LogP contribution in [0.1, 0.15) is 63.6 Å². The Morgan fingerprint density at radius 1 is 1.08 bits per heavy atom. The molecule has 3 rings (SSSR count). The van der Waals surface area contributed by atoms with Crippen LogP contribution in [0, 0.1) is 25.7 Å². The minimum atomic E-state index is -0.0777. The van der Waals surface area contributed by atoms with Crippen LogP contribution in [0.3, 0.4) is 0 Å². The second kappa shape index (κ2) is 7.35. The van der Waals surface area contributed by atoms with Crippen LogP contribution in [0.15, 0.2) is 42.5 Å². The van der Waals surface area contributed by atoms with Crippen molar-refractivity contribution in [2.24, 2.45) is 11.8 Å². The van der Waals surface area contributed by atoms with Crippen LogP contribution in [0.2, 0.25) is 0 Å². The molecule has 2 heteroatoms. The molecular formula is C23H26O2. The molecular weight excluding hydrogens is 308 g/mol. The summed E-state index contributed by atoms with van der Waals surface area (Å²) in [6.07, 6.45) is 2.93. The van der Waals surface area contributed by atoms with E-state index < -0.39 is 0 Å². The van der Waals surface area contributed by atoms with Crippen LogP contribution in [0.4, 0.5) is 0 Å². The number of hydrogen-bond acceptors (Lipinski definition) is 2. The lowest BCUT2D eigenvalue weighted by molar-refractivity contribution is 0.0816.